The Morgan fingerprint density at radius 1 is 1.17 bits per heavy atom. The summed E-state index contributed by atoms with van der Waals surface area (Å²) in [6.07, 6.45) is 3.88. The van der Waals surface area contributed by atoms with E-state index in [1.807, 2.05) is 24.3 Å². The molecule has 1 aromatic carbocycles. The maximum Gasteiger partial charge on any atom is 0.240 e. The number of hydrogen-bond donors (Lipinski definition) is 1. The molecule has 1 aliphatic carbocycles. The number of nitrogens with zero attached hydrogens (tertiary/aromatic N) is 3. The van der Waals surface area contributed by atoms with E-state index in [1.165, 1.54) is 12.8 Å². The van der Waals surface area contributed by atoms with Gasteiger partial charge in [-0.25, -0.2) is 0 Å². The number of halogens is 1. The lowest BCUT2D eigenvalue weighted by Crippen LogP contribution is -2.35. The predicted molar refractivity (Wildman–Crippen MR) is 90.7 cm³/mol. The molecule has 2 fully saturated rings. The van der Waals surface area contributed by atoms with Crippen molar-refractivity contribution in [2.75, 3.05) is 13.1 Å². The number of aliphatic hydroxyl groups excluding tert-OH is 1. The van der Waals surface area contributed by atoms with Gasteiger partial charge in [-0.3, -0.25) is 4.90 Å². The molecule has 2 aromatic rings. The maximum absolute atomic E-state index is 10.6. The standard InChI is InChI=1S/C18H22ClN3O2/c19-15-5-3-12(4-6-15)17(23)13-7-9-22(10-8-13)11-16-20-18(21-24-16)14-1-2-14/h3-6,13-14,17,23H,1-2,7-11H2. The van der Waals surface area contributed by atoms with Gasteiger partial charge < -0.3 is 9.63 Å². The van der Waals surface area contributed by atoms with E-state index < -0.39 is 6.10 Å². The van der Waals surface area contributed by atoms with Gasteiger partial charge in [0.15, 0.2) is 5.82 Å². The van der Waals surface area contributed by atoms with E-state index in [1.54, 1.807) is 0 Å². The van der Waals surface area contributed by atoms with E-state index in [4.69, 9.17) is 16.1 Å². The molecule has 5 nitrogen and oxygen atoms in total. The average molecular weight is 348 g/mol. The third-order valence-corrected chi connectivity index (χ3v) is 5.33. The summed E-state index contributed by atoms with van der Waals surface area (Å²) in [5.74, 6) is 2.40. The first kappa shape index (κ1) is 16.1. The smallest absolute Gasteiger partial charge is 0.240 e. The Kier molecular flexibility index (Phi) is 4.57. The summed E-state index contributed by atoms with van der Waals surface area (Å²) in [6, 6.07) is 7.50. The van der Waals surface area contributed by atoms with E-state index >= 15 is 0 Å². The molecule has 2 aliphatic rings. The first-order valence-corrected chi connectivity index (χ1v) is 9.05. The van der Waals surface area contributed by atoms with Crippen molar-refractivity contribution < 1.29 is 9.63 Å². The van der Waals surface area contributed by atoms with Gasteiger partial charge in [-0.2, -0.15) is 4.98 Å². The average Bonchev–Trinajstić information content (AvgIpc) is 3.36. The third-order valence-electron chi connectivity index (χ3n) is 5.08. The molecule has 6 heteroatoms. The van der Waals surface area contributed by atoms with Crippen molar-refractivity contribution in [1.82, 2.24) is 15.0 Å². The highest BCUT2D eigenvalue weighted by Crippen LogP contribution is 2.38. The fourth-order valence-electron chi connectivity index (χ4n) is 3.39. The number of hydrogen-bond acceptors (Lipinski definition) is 5. The summed E-state index contributed by atoms with van der Waals surface area (Å²) < 4.78 is 5.36. The second-order valence-corrected chi connectivity index (χ2v) is 7.37. The Morgan fingerprint density at radius 2 is 1.88 bits per heavy atom. The fourth-order valence-corrected chi connectivity index (χ4v) is 3.52. The van der Waals surface area contributed by atoms with Gasteiger partial charge in [0, 0.05) is 10.9 Å². The van der Waals surface area contributed by atoms with Crippen LogP contribution >= 0.6 is 11.6 Å². The summed E-state index contributed by atoms with van der Waals surface area (Å²) in [7, 11) is 0. The van der Waals surface area contributed by atoms with Gasteiger partial charge in [0.05, 0.1) is 12.6 Å². The minimum atomic E-state index is -0.422. The van der Waals surface area contributed by atoms with Gasteiger partial charge in [0.25, 0.3) is 0 Å². The lowest BCUT2D eigenvalue weighted by molar-refractivity contribution is 0.0538. The highest BCUT2D eigenvalue weighted by molar-refractivity contribution is 6.30. The molecule has 1 aromatic heterocycles. The molecule has 0 amide bonds. The van der Waals surface area contributed by atoms with Gasteiger partial charge in [0.1, 0.15) is 0 Å². The Bertz CT molecular complexity index is 676. The van der Waals surface area contributed by atoms with E-state index in [2.05, 4.69) is 15.0 Å². The molecule has 2 heterocycles. The van der Waals surface area contributed by atoms with Crippen LogP contribution in [0.15, 0.2) is 28.8 Å². The van der Waals surface area contributed by atoms with E-state index in [-0.39, 0.29) is 5.92 Å². The van der Waals surface area contributed by atoms with Crippen LogP contribution in [0.2, 0.25) is 5.02 Å². The molecular formula is C18H22ClN3O2. The minimum Gasteiger partial charge on any atom is -0.388 e. The van der Waals surface area contributed by atoms with Crippen LogP contribution in [0.3, 0.4) is 0 Å². The summed E-state index contributed by atoms with van der Waals surface area (Å²) in [5.41, 5.74) is 0.948. The van der Waals surface area contributed by atoms with Crippen LogP contribution in [0.5, 0.6) is 0 Å². The molecule has 0 bridgehead atoms. The highest BCUT2D eigenvalue weighted by atomic mass is 35.5. The fraction of sp³-hybridized carbons (Fsp3) is 0.556. The predicted octanol–water partition coefficient (Wildman–Crippen LogP) is 3.55. The van der Waals surface area contributed by atoms with Gasteiger partial charge in [0.2, 0.25) is 5.89 Å². The molecule has 24 heavy (non-hydrogen) atoms. The van der Waals surface area contributed by atoms with E-state index in [0.717, 1.165) is 37.3 Å². The van der Waals surface area contributed by atoms with Crippen LogP contribution in [-0.2, 0) is 6.54 Å². The van der Waals surface area contributed by atoms with Crippen LogP contribution < -0.4 is 0 Å². The third kappa shape index (κ3) is 3.63. The van der Waals surface area contributed by atoms with Crippen molar-refractivity contribution in [3.63, 3.8) is 0 Å². The Balaban J connectivity index is 1.30. The quantitative estimate of drug-likeness (QED) is 0.896. The normalized spacial score (nSPS) is 21.1. The lowest BCUT2D eigenvalue weighted by Gasteiger charge is -2.33. The Morgan fingerprint density at radius 3 is 2.54 bits per heavy atom. The van der Waals surface area contributed by atoms with Gasteiger partial charge in [-0.15, -0.1) is 0 Å². The second-order valence-electron chi connectivity index (χ2n) is 6.93. The first-order valence-electron chi connectivity index (χ1n) is 8.67. The van der Waals surface area contributed by atoms with Gasteiger partial charge in [-0.05, 0) is 62.4 Å². The largest absolute Gasteiger partial charge is 0.388 e. The van der Waals surface area contributed by atoms with E-state index in [9.17, 15) is 5.11 Å². The molecule has 0 spiro atoms. The Hall–Kier alpha value is -1.43. The molecule has 1 aliphatic heterocycles. The number of rotatable bonds is 5. The number of likely N-dealkylation sites (tertiary alicyclic amines) is 1. The van der Waals surface area contributed by atoms with Crippen LogP contribution in [-0.4, -0.2) is 33.2 Å². The molecule has 4 rings (SSSR count). The molecule has 1 unspecified atom stereocenters. The lowest BCUT2D eigenvalue weighted by atomic mass is 9.87. The second kappa shape index (κ2) is 6.82. The van der Waals surface area contributed by atoms with Crippen molar-refractivity contribution in [2.24, 2.45) is 5.92 Å². The summed E-state index contributed by atoms with van der Waals surface area (Å²) >= 11 is 5.92. The molecule has 1 saturated carbocycles. The van der Waals surface area contributed by atoms with Crippen LogP contribution in [0.4, 0.5) is 0 Å². The number of aromatic nitrogens is 2. The summed E-state index contributed by atoms with van der Waals surface area (Å²) in [4.78, 5) is 6.82. The minimum absolute atomic E-state index is 0.284. The van der Waals surface area contributed by atoms with Crippen LogP contribution in [0.1, 0.15) is 55.0 Å². The number of piperidine rings is 1. The maximum atomic E-state index is 10.6. The summed E-state index contributed by atoms with van der Waals surface area (Å²) in [5, 5.41) is 15.4. The van der Waals surface area contributed by atoms with E-state index in [0.29, 0.717) is 23.4 Å². The molecule has 1 atom stereocenters. The van der Waals surface area contributed by atoms with Crippen molar-refractivity contribution in [2.45, 2.75) is 44.2 Å². The number of aliphatic hydroxyl groups is 1. The number of benzene rings is 1. The Labute approximate surface area is 146 Å². The van der Waals surface area contributed by atoms with Crippen LogP contribution in [0.25, 0.3) is 0 Å². The van der Waals surface area contributed by atoms with Gasteiger partial charge >= 0.3 is 0 Å². The monoisotopic (exact) mass is 347 g/mol. The highest BCUT2D eigenvalue weighted by Gasteiger charge is 2.30. The van der Waals surface area contributed by atoms with Crippen molar-refractivity contribution in [1.29, 1.82) is 0 Å². The first-order chi connectivity index (χ1) is 11.7. The molecule has 128 valence electrons. The van der Waals surface area contributed by atoms with Crippen molar-refractivity contribution >= 4 is 11.6 Å². The molecule has 0 radical (unpaired) electrons. The van der Waals surface area contributed by atoms with Crippen molar-refractivity contribution in [3.8, 4) is 0 Å². The molecular weight excluding hydrogens is 326 g/mol. The van der Waals surface area contributed by atoms with Gasteiger partial charge in [-0.1, -0.05) is 28.9 Å². The zero-order valence-electron chi connectivity index (χ0n) is 13.6. The zero-order valence-corrected chi connectivity index (χ0v) is 14.3. The molecule has 1 N–H and O–H groups in total. The SMILES string of the molecule is OC(c1ccc(Cl)cc1)C1CCN(Cc2nc(C3CC3)no2)CC1. The van der Waals surface area contributed by atoms with Crippen molar-refractivity contribution in [3.05, 3.63) is 46.6 Å². The van der Waals surface area contributed by atoms with Crippen LogP contribution in [0, 0.1) is 5.92 Å². The zero-order chi connectivity index (χ0) is 16.5. The molecule has 1 saturated heterocycles. The summed E-state index contributed by atoms with van der Waals surface area (Å²) in [6.45, 7) is 2.59. The topological polar surface area (TPSA) is 62.4 Å².